The first-order chi connectivity index (χ1) is 12.7. The highest BCUT2D eigenvalue weighted by Gasteiger charge is 2.19. The van der Waals surface area contributed by atoms with Crippen molar-refractivity contribution in [2.75, 3.05) is 25.5 Å². The second-order valence-corrected chi connectivity index (χ2v) is 6.63. The van der Waals surface area contributed by atoms with E-state index in [1.807, 2.05) is 18.2 Å². The fraction of sp³-hybridized carbons (Fsp3) is 0.316. The van der Waals surface area contributed by atoms with Gasteiger partial charge in [0.2, 0.25) is 5.88 Å². The lowest BCUT2D eigenvalue weighted by molar-refractivity contribution is 0.101. The van der Waals surface area contributed by atoms with E-state index in [2.05, 4.69) is 32.4 Å². The fourth-order valence-corrected chi connectivity index (χ4v) is 3.11. The molecule has 0 saturated carbocycles. The first-order valence-electron chi connectivity index (χ1n) is 8.73. The highest BCUT2D eigenvalue weighted by Crippen LogP contribution is 2.20. The third kappa shape index (κ3) is 3.67. The van der Waals surface area contributed by atoms with Crippen LogP contribution in [0.2, 0.25) is 0 Å². The minimum Gasteiger partial charge on any atom is -0.474 e. The summed E-state index contributed by atoms with van der Waals surface area (Å²) in [4.78, 5) is 19.1. The number of amides is 1. The predicted molar refractivity (Wildman–Crippen MR) is 99.4 cm³/mol. The van der Waals surface area contributed by atoms with Crippen LogP contribution in [0.4, 0.5) is 5.69 Å². The minimum absolute atomic E-state index is 0.153. The number of piperidine rings is 1. The van der Waals surface area contributed by atoms with E-state index in [4.69, 9.17) is 4.74 Å². The van der Waals surface area contributed by atoms with Crippen LogP contribution in [0.25, 0.3) is 10.9 Å². The van der Waals surface area contributed by atoms with E-state index in [9.17, 15) is 4.79 Å². The number of nitrogens with one attached hydrogen (secondary N) is 2. The number of ether oxygens (including phenoxy) is 1. The number of H-pyrrole nitrogens is 1. The molecule has 134 valence electrons. The van der Waals surface area contributed by atoms with E-state index >= 15 is 0 Å². The molecule has 1 aliphatic rings. The van der Waals surface area contributed by atoms with Gasteiger partial charge < -0.3 is 15.0 Å². The second-order valence-electron chi connectivity index (χ2n) is 6.63. The maximum Gasteiger partial charge on any atom is 0.255 e. The number of aromatic nitrogens is 3. The van der Waals surface area contributed by atoms with E-state index < -0.39 is 0 Å². The SMILES string of the molecule is CN1CCC(Oc2cc(C(=O)Nc3ccc4[nH]ncc4c3)ccn2)CC1. The molecule has 4 rings (SSSR count). The van der Waals surface area contributed by atoms with Gasteiger partial charge in [-0.3, -0.25) is 9.89 Å². The lowest BCUT2D eigenvalue weighted by Crippen LogP contribution is -2.35. The van der Waals surface area contributed by atoms with Crippen molar-refractivity contribution in [1.82, 2.24) is 20.1 Å². The number of pyridine rings is 1. The number of carbonyl (C=O) groups excluding carboxylic acids is 1. The largest absolute Gasteiger partial charge is 0.474 e. The molecule has 26 heavy (non-hydrogen) atoms. The van der Waals surface area contributed by atoms with Gasteiger partial charge in [-0.2, -0.15) is 5.10 Å². The van der Waals surface area contributed by atoms with Crippen molar-refractivity contribution < 1.29 is 9.53 Å². The van der Waals surface area contributed by atoms with Crippen LogP contribution in [-0.4, -0.2) is 52.2 Å². The average Bonchev–Trinajstić information content (AvgIpc) is 3.12. The Hall–Kier alpha value is -2.93. The summed E-state index contributed by atoms with van der Waals surface area (Å²) in [5.41, 5.74) is 2.18. The molecule has 0 aliphatic carbocycles. The van der Waals surface area contributed by atoms with Crippen molar-refractivity contribution in [3.05, 3.63) is 48.3 Å². The van der Waals surface area contributed by atoms with E-state index in [0.29, 0.717) is 11.4 Å². The van der Waals surface area contributed by atoms with Gasteiger partial charge in [0.1, 0.15) is 6.10 Å². The number of likely N-dealkylation sites (tertiary alicyclic amines) is 1. The molecule has 1 saturated heterocycles. The summed E-state index contributed by atoms with van der Waals surface area (Å²) >= 11 is 0. The first kappa shape index (κ1) is 16.5. The zero-order valence-corrected chi connectivity index (χ0v) is 14.6. The lowest BCUT2D eigenvalue weighted by Gasteiger charge is -2.28. The molecular formula is C19H21N5O2. The van der Waals surface area contributed by atoms with Crippen molar-refractivity contribution in [2.24, 2.45) is 0 Å². The number of nitrogens with zero attached hydrogens (tertiary/aromatic N) is 3. The summed E-state index contributed by atoms with van der Waals surface area (Å²) in [5.74, 6) is 0.306. The van der Waals surface area contributed by atoms with Gasteiger partial charge in [-0.1, -0.05) is 0 Å². The lowest BCUT2D eigenvalue weighted by atomic mass is 10.1. The number of hydrogen-bond acceptors (Lipinski definition) is 5. The number of rotatable bonds is 4. The summed E-state index contributed by atoms with van der Waals surface area (Å²) in [7, 11) is 2.11. The highest BCUT2D eigenvalue weighted by molar-refractivity contribution is 6.05. The molecule has 1 aliphatic heterocycles. The van der Waals surface area contributed by atoms with Crippen molar-refractivity contribution in [3.8, 4) is 5.88 Å². The van der Waals surface area contributed by atoms with Crippen LogP contribution in [0.3, 0.4) is 0 Å². The van der Waals surface area contributed by atoms with Crippen LogP contribution in [0.1, 0.15) is 23.2 Å². The highest BCUT2D eigenvalue weighted by atomic mass is 16.5. The van der Waals surface area contributed by atoms with Gasteiger partial charge in [-0.05, 0) is 44.2 Å². The van der Waals surface area contributed by atoms with E-state index in [0.717, 1.165) is 42.5 Å². The van der Waals surface area contributed by atoms with Crippen LogP contribution in [0.5, 0.6) is 5.88 Å². The quantitative estimate of drug-likeness (QED) is 0.755. The number of carbonyl (C=O) groups is 1. The number of anilines is 1. The maximum atomic E-state index is 12.6. The monoisotopic (exact) mass is 351 g/mol. The second kappa shape index (κ2) is 7.13. The minimum atomic E-state index is -0.191. The molecule has 2 aromatic heterocycles. The average molecular weight is 351 g/mol. The van der Waals surface area contributed by atoms with Gasteiger partial charge in [0.15, 0.2) is 0 Å². The standard InChI is InChI=1S/C19H21N5O2/c1-24-8-5-16(6-9-24)26-18-11-13(4-7-20-18)19(25)22-15-2-3-17-14(10-15)12-21-23-17/h2-4,7,10-12,16H,5-6,8-9H2,1H3,(H,21,23)(H,22,25). The third-order valence-electron chi connectivity index (χ3n) is 4.65. The molecule has 0 unspecified atom stereocenters. The fourth-order valence-electron chi connectivity index (χ4n) is 3.11. The van der Waals surface area contributed by atoms with Gasteiger partial charge in [0.25, 0.3) is 5.91 Å². The number of benzene rings is 1. The molecule has 1 amide bonds. The predicted octanol–water partition coefficient (Wildman–Crippen LogP) is 2.68. The normalized spacial score (nSPS) is 15.9. The molecular weight excluding hydrogens is 330 g/mol. The molecule has 0 bridgehead atoms. The first-order valence-corrected chi connectivity index (χ1v) is 8.73. The van der Waals surface area contributed by atoms with Crippen molar-refractivity contribution >= 4 is 22.5 Å². The van der Waals surface area contributed by atoms with E-state index in [1.165, 1.54) is 0 Å². The molecule has 3 aromatic rings. The van der Waals surface area contributed by atoms with Crippen molar-refractivity contribution in [2.45, 2.75) is 18.9 Å². The summed E-state index contributed by atoms with van der Waals surface area (Å²) in [6.45, 7) is 2.03. The molecule has 0 atom stereocenters. The topological polar surface area (TPSA) is 83.1 Å². The summed E-state index contributed by atoms with van der Waals surface area (Å²) in [5, 5.41) is 10.7. The third-order valence-corrected chi connectivity index (χ3v) is 4.65. The van der Waals surface area contributed by atoms with Gasteiger partial charge in [-0.15, -0.1) is 0 Å². The number of fused-ring (bicyclic) bond motifs is 1. The smallest absolute Gasteiger partial charge is 0.255 e. The van der Waals surface area contributed by atoms with Crippen molar-refractivity contribution in [3.63, 3.8) is 0 Å². The summed E-state index contributed by atoms with van der Waals surface area (Å²) < 4.78 is 5.96. The molecule has 7 nitrogen and oxygen atoms in total. The Kier molecular flexibility index (Phi) is 4.53. The van der Waals surface area contributed by atoms with Gasteiger partial charge in [-0.25, -0.2) is 4.98 Å². The number of hydrogen-bond donors (Lipinski definition) is 2. The van der Waals surface area contributed by atoms with Gasteiger partial charge in [0.05, 0.1) is 11.7 Å². The molecule has 2 N–H and O–H groups in total. The van der Waals surface area contributed by atoms with Crippen LogP contribution in [0, 0.1) is 0 Å². The molecule has 3 heterocycles. The Balaban J connectivity index is 1.44. The van der Waals surface area contributed by atoms with Crippen LogP contribution in [0.15, 0.2) is 42.7 Å². The number of aromatic amines is 1. The van der Waals surface area contributed by atoms with Crippen LogP contribution >= 0.6 is 0 Å². The van der Waals surface area contributed by atoms with Gasteiger partial charge >= 0.3 is 0 Å². The Morgan fingerprint density at radius 3 is 2.96 bits per heavy atom. The maximum absolute atomic E-state index is 12.6. The van der Waals surface area contributed by atoms with Gasteiger partial charge in [0, 0.05) is 42.0 Å². The zero-order valence-electron chi connectivity index (χ0n) is 14.6. The molecule has 0 spiro atoms. The molecule has 0 radical (unpaired) electrons. The van der Waals surface area contributed by atoms with Crippen LogP contribution < -0.4 is 10.1 Å². The summed E-state index contributed by atoms with van der Waals surface area (Å²) in [6, 6.07) is 9.00. The van der Waals surface area contributed by atoms with E-state index in [-0.39, 0.29) is 12.0 Å². The van der Waals surface area contributed by atoms with Crippen LogP contribution in [-0.2, 0) is 0 Å². The Labute approximate surface area is 151 Å². The summed E-state index contributed by atoms with van der Waals surface area (Å²) in [6.07, 6.45) is 5.43. The molecule has 7 heteroatoms. The van der Waals surface area contributed by atoms with E-state index in [1.54, 1.807) is 24.5 Å². The Morgan fingerprint density at radius 2 is 2.12 bits per heavy atom. The van der Waals surface area contributed by atoms with Crippen molar-refractivity contribution in [1.29, 1.82) is 0 Å². The molecule has 1 aromatic carbocycles. The Bertz CT molecular complexity index is 915. The zero-order chi connectivity index (χ0) is 17.9. The Morgan fingerprint density at radius 1 is 1.27 bits per heavy atom. The molecule has 1 fully saturated rings.